The highest BCUT2D eigenvalue weighted by molar-refractivity contribution is 6.08. The van der Waals surface area contributed by atoms with E-state index in [4.69, 9.17) is 5.41 Å². The lowest BCUT2D eigenvalue weighted by Gasteiger charge is -2.28. The first-order valence-corrected chi connectivity index (χ1v) is 14.8. The van der Waals surface area contributed by atoms with Crippen molar-refractivity contribution in [1.29, 1.82) is 5.41 Å². The molecule has 0 aliphatic carbocycles. The lowest BCUT2D eigenvalue weighted by Crippen LogP contribution is -2.44. The molecule has 1 fully saturated rings. The summed E-state index contributed by atoms with van der Waals surface area (Å²) in [6.07, 6.45) is -5.83. The number of aromatic nitrogens is 4. The molecular weight excluding hydrogens is 661 g/mol. The highest BCUT2D eigenvalue weighted by Gasteiger charge is 2.51. The second kappa shape index (κ2) is 12.5. The Bertz CT molecular complexity index is 1920. The van der Waals surface area contributed by atoms with E-state index in [1.165, 1.54) is 42.0 Å². The molecule has 0 saturated carbocycles. The van der Waals surface area contributed by atoms with Gasteiger partial charge in [-0.1, -0.05) is 18.2 Å². The van der Waals surface area contributed by atoms with Gasteiger partial charge < -0.3 is 10.2 Å². The normalized spacial score (nSPS) is 17.8. The van der Waals surface area contributed by atoms with Crippen molar-refractivity contribution in [2.45, 2.75) is 56.8 Å². The highest BCUT2D eigenvalue weighted by Crippen LogP contribution is 2.38. The topological polar surface area (TPSA) is 128 Å². The lowest BCUT2D eigenvalue weighted by atomic mass is 9.84. The number of hydrogen-bond acceptors (Lipinski definition) is 7. The maximum atomic E-state index is 14.2. The van der Waals surface area contributed by atoms with Crippen LogP contribution < -0.4 is 5.32 Å². The first kappa shape index (κ1) is 33.4. The predicted octanol–water partition coefficient (Wildman–Crippen LogP) is 5.74. The second-order valence-corrected chi connectivity index (χ2v) is 11.6. The van der Waals surface area contributed by atoms with Crippen LogP contribution in [0.4, 0.5) is 30.7 Å². The third-order valence-electron chi connectivity index (χ3n) is 8.28. The van der Waals surface area contributed by atoms with Gasteiger partial charge in [0.2, 0.25) is 0 Å². The molecule has 1 atom stereocenters. The minimum Gasteiger partial charge on any atom is -0.338 e. The van der Waals surface area contributed by atoms with E-state index in [2.05, 4.69) is 25.3 Å². The summed E-state index contributed by atoms with van der Waals surface area (Å²) >= 11 is 0. The maximum Gasteiger partial charge on any atom is 0.417 e. The number of benzene rings is 2. The minimum absolute atomic E-state index is 0.0457. The third kappa shape index (κ3) is 6.77. The summed E-state index contributed by atoms with van der Waals surface area (Å²) in [6, 6.07) is 7.22. The van der Waals surface area contributed by atoms with E-state index in [9.17, 15) is 40.3 Å². The van der Waals surface area contributed by atoms with Crippen molar-refractivity contribution in [3.05, 3.63) is 107 Å². The van der Waals surface area contributed by atoms with Crippen LogP contribution in [0.2, 0.25) is 0 Å². The van der Waals surface area contributed by atoms with Crippen LogP contribution >= 0.6 is 0 Å². The largest absolute Gasteiger partial charge is 0.417 e. The fraction of sp³-hybridized carbons (Fsp3) is 0.281. The van der Waals surface area contributed by atoms with Crippen molar-refractivity contribution in [2.24, 2.45) is 0 Å². The summed E-state index contributed by atoms with van der Waals surface area (Å²) in [4.78, 5) is 46.1. The molecule has 1 saturated heterocycles. The van der Waals surface area contributed by atoms with Crippen LogP contribution in [0.3, 0.4) is 0 Å². The lowest BCUT2D eigenvalue weighted by molar-refractivity contribution is -0.140. The van der Waals surface area contributed by atoms with Gasteiger partial charge in [0.25, 0.3) is 11.8 Å². The number of rotatable bonds is 8. The molecule has 49 heavy (non-hydrogen) atoms. The van der Waals surface area contributed by atoms with E-state index in [1.807, 2.05) is 0 Å². The predicted molar refractivity (Wildman–Crippen MR) is 157 cm³/mol. The van der Waals surface area contributed by atoms with Crippen LogP contribution in [-0.2, 0) is 36.1 Å². The minimum atomic E-state index is -4.93. The van der Waals surface area contributed by atoms with E-state index in [1.54, 1.807) is 0 Å². The summed E-state index contributed by atoms with van der Waals surface area (Å²) in [5, 5.41) is 11.1. The van der Waals surface area contributed by atoms with Crippen LogP contribution in [0.15, 0.2) is 67.4 Å². The number of guanidine groups is 1. The van der Waals surface area contributed by atoms with E-state index in [0.717, 1.165) is 29.2 Å². The van der Waals surface area contributed by atoms with Gasteiger partial charge in [0.05, 0.1) is 35.5 Å². The van der Waals surface area contributed by atoms with Crippen LogP contribution in [0.25, 0.3) is 11.4 Å². The smallest absolute Gasteiger partial charge is 0.338 e. The molecule has 6 rings (SSSR count). The molecule has 0 radical (unpaired) electrons. The number of halogens is 7. The summed E-state index contributed by atoms with van der Waals surface area (Å²) in [6.45, 7) is -0.672. The molecule has 17 heteroatoms. The Morgan fingerprint density at radius 2 is 1.69 bits per heavy atom. The Kier molecular flexibility index (Phi) is 8.54. The van der Waals surface area contributed by atoms with Gasteiger partial charge in [-0.25, -0.2) is 24.3 Å². The van der Waals surface area contributed by atoms with Crippen molar-refractivity contribution in [2.75, 3.05) is 0 Å². The number of hydrogen-bond donors (Lipinski definition) is 2. The number of nitrogens with zero attached hydrogens (tertiary/aromatic N) is 6. The molecule has 4 aromatic rings. The number of carbonyl (C=O) groups is 2. The van der Waals surface area contributed by atoms with Crippen molar-refractivity contribution >= 4 is 17.8 Å². The molecule has 0 bridgehead atoms. The van der Waals surface area contributed by atoms with Crippen LogP contribution in [-0.4, -0.2) is 53.7 Å². The van der Waals surface area contributed by atoms with Gasteiger partial charge in [0, 0.05) is 37.1 Å². The van der Waals surface area contributed by atoms with Gasteiger partial charge >= 0.3 is 12.4 Å². The molecule has 2 N–H and O–H groups in total. The van der Waals surface area contributed by atoms with Gasteiger partial charge in [0.1, 0.15) is 17.7 Å². The molecule has 4 heterocycles. The van der Waals surface area contributed by atoms with Gasteiger partial charge in [0.15, 0.2) is 11.8 Å². The van der Waals surface area contributed by atoms with E-state index in [0.29, 0.717) is 22.9 Å². The second-order valence-electron chi connectivity index (χ2n) is 11.6. The molecule has 0 spiro atoms. The monoisotopic (exact) mass is 686 g/mol. The van der Waals surface area contributed by atoms with Crippen LogP contribution in [0.1, 0.15) is 57.6 Å². The zero-order valence-electron chi connectivity index (χ0n) is 25.2. The van der Waals surface area contributed by atoms with Crippen LogP contribution in [0, 0.1) is 11.2 Å². The Balaban J connectivity index is 1.27. The Hall–Kier alpha value is -5.48. The molecule has 2 aromatic heterocycles. The van der Waals surface area contributed by atoms with Crippen molar-refractivity contribution in [3.8, 4) is 11.4 Å². The third-order valence-corrected chi connectivity index (χ3v) is 8.28. The van der Waals surface area contributed by atoms with Crippen molar-refractivity contribution in [3.63, 3.8) is 0 Å². The van der Waals surface area contributed by atoms with Gasteiger partial charge in [-0.15, -0.1) is 0 Å². The standard InChI is InChI=1S/C32H25F7N8O2/c33-22-5-3-21(4-6-22)30(8-1-9-31(34,35)36)28(49)47(29(40)45-30)14-18-2-7-24(32(37,38)39)23(10-18)27(48)46-15-20-13-43-26(44-25(20)16-46)19-11-41-17-42-12-19/h2-7,10-13,17H,1,8-9,14-16H2,(H2,40,45)/t30-/m1/s1. The first-order chi connectivity index (χ1) is 23.1. The molecule has 254 valence electrons. The number of carbonyl (C=O) groups excluding carboxylic acids is 2. The van der Waals surface area contributed by atoms with Crippen molar-refractivity contribution in [1.82, 2.24) is 35.1 Å². The molecule has 2 aromatic carbocycles. The summed E-state index contributed by atoms with van der Waals surface area (Å²) in [7, 11) is 0. The van der Waals surface area contributed by atoms with Gasteiger partial charge in [-0.2, -0.15) is 26.3 Å². The van der Waals surface area contributed by atoms with Gasteiger partial charge in [-0.3, -0.25) is 19.9 Å². The highest BCUT2D eigenvalue weighted by atomic mass is 19.4. The number of fused-ring (bicyclic) bond motifs is 1. The van der Waals surface area contributed by atoms with Crippen molar-refractivity contribution < 1.29 is 40.3 Å². The average Bonchev–Trinajstić information content (AvgIpc) is 3.58. The molecule has 0 unspecified atom stereocenters. The van der Waals surface area contributed by atoms with E-state index in [-0.39, 0.29) is 30.0 Å². The molecular formula is C32H25F7N8O2. The molecule has 2 amide bonds. The number of alkyl halides is 6. The number of nitrogens with one attached hydrogen (secondary N) is 2. The first-order valence-electron chi connectivity index (χ1n) is 14.8. The average molecular weight is 687 g/mol. The van der Waals surface area contributed by atoms with E-state index < -0.39 is 78.4 Å². The van der Waals surface area contributed by atoms with E-state index >= 15 is 0 Å². The SMILES string of the molecule is N=C1N[C@](CCCC(F)(F)F)(c2ccc(F)cc2)C(=O)N1Cc1ccc(C(F)(F)F)c(C(=O)N2Cc3cnc(-c4cncnc4)nc3C2)c1. The fourth-order valence-corrected chi connectivity index (χ4v) is 5.92. The van der Waals surface area contributed by atoms with Gasteiger partial charge in [-0.05, 0) is 48.2 Å². The summed E-state index contributed by atoms with van der Waals surface area (Å²) in [5.41, 5.74) is -2.18. The Morgan fingerprint density at radius 3 is 2.37 bits per heavy atom. The number of amides is 2. The Labute approximate surface area is 273 Å². The molecule has 2 aliphatic rings. The zero-order chi connectivity index (χ0) is 35.1. The quantitative estimate of drug-likeness (QED) is 0.226. The van der Waals surface area contributed by atoms with Crippen LogP contribution in [0.5, 0.6) is 0 Å². The summed E-state index contributed by atoms with van der Waals surface area (Å²) in [5.74, 6) is -2.74. The zero-order valence-corrected chi connectivity index (χ0v) is 25.2. The summed E-state index contributed by atoms with van der Waals surface area (Å²) < 4.78 is 95.2. The Morgan fingerprint density at radius 1 is 0.980 bits per heavy atom. The molecule has 10 nitrogen and oxygen atoms in total. The molecule has 2 aliphatic heterocycles. The maximum absolute atomic E-state index is 14.2. The fourth-order valence-electron chi connectivity index (χ4n) is 5.92.